The van der Waals surface area contributed by atoms with Gasteiger partial charge in [-0.2, -0.15) is 26.3 Å². The average molecular weight is 512 g/mol. The molecule has 0 aliphatic heterocycles. The molecule has 1 aliphatic carbocycles. The molecule has 0 aromatic heterocycles. The fourth-order valence-electron chi connectivity index (χ4n) is 4.16. The van der Waals surface area contributed by atoms with Crippen molar-refractivity contribution in [1.29, 1.82) is 0 Å². The van der Waals surface area contributed by atoms with E-state index in [9.17, 15) is 41.0 Å². The van der Waals surface area contributed by atoms with Crippen LogP contribution in [0.5, 0.6) is 0 Å². The molecule has 0 heterocycles. The van der Waals surface area contributed by atoms with Crippen LogP contribution < -0.4 is 10.6 Å². The molecule has 2 rings (SSSR count). The summed E-state index contributed by atoms with van der Waals surface area (Å²) in [6.07, 6.45) is -10.3. The van der Waals surface area contributed by atoms with E-state index >= 15 is 0 Å². The number of amides is 2. The highest BCUT2D eigenvalue weighted by Gasteiger charge is 2.55. The fraction of sp³-hybridized carbons (Fsp3) is 0.652. The van der Waals surface area contributed by atoms with E-state index < -0.39 is 70.2 Å². The number of alkyl carbamates (subject to hydrolysis) is 1. The van der Waals surface area contributed by atoms with Gasteiger partial charge in [0.25, 0.3) is 0 Å². The Morgan fingerprint density at radius 1 is 1.00 bits per heavy atom. The van der Waals surface area contributed by atoms with E-state index in [4.69, 9.17) is 4.74 Å². The topological polar surface area (TPSA) is 87.7 Å². The van der Waals surface area contributed by atoms with Crippen molar-refractivity contribution in [2.24, 2.45) is 5.41 Å². The number of aliphatic hydroxyl groups is 1. The predicted octanol–water partition coefficient (Wildman–Crippen LogP) is 5.17. The van der Waals surface area contributed by atoms with Gasteiger partial charge in [0.1, 0.15) is 5.60 Å². The lowest BCUT2D eigenvalue weighted by Gasteiger charge is -2.39. The Balaban J connectivity index is 2.23. The number of rotatable bonds is 5. The number of benzene rings is 1. The number of carbonyl (C=O) groups is 2. The van der Waals surface area contributed by atoms with E-state index in [1.165, 1.54) is 13.8 Å². The maximum atomic E-state index is 13.2. The van der Waals surface area contributed by atoms with E-state index in [0.29, 0.717) is 18.6 Å². The van der Waals surface area contributed by atoms with Gasteiger partial charge in [0, 0.05) is 12.6 Å². The lowest BCUT2D eigenvalue weighted by atomic mass is 9.71. The molecule has 0 bridgehead atoms. The summed E-state index contributed by atoms with van der Waals surface area (Å²) < 4.78 is 83.9. The van der Waals surface area contributed by atoms with Crippen LogP contribution in [-0.4, -0.2) is 34.4 Å². The normalized spacial score (nSPS) is 21.5. The monoisotopic (exact) mass is 512 g/mol. The maximum Gasteiger partial charge on any atom is 0.416 e. The van der Waals surface area contributed by atoms with E-state index in [0.717, 1.165) is 0 Å². The molecule has 1 saturated carbocycles. The first-order valence-corrected chi connectivity index (χ1v) is 10.9. The van der Waals surface area contributed by atoms with Crippen LogP contribution in [0.15, 0.2) is 18.2 Å². The third kappa shape index (κ3) is 7.25. The van der Waals surface area contributed by atoms with Crippen molar-refractivity contribution in [3.05, 3.63) is 34.9 Å². The molecule has 2 atom stereocenters. The molecule has 0 saturated heterocycles. The van der Waals surface area contributed by atoms with Crippen LogP contribution in [0.2, 0.25) is 0 Å². The third-order valence-corrected chi connectivity index (χ3v) is 5.94. The number of halogens is 6. The third-order valence-electron chi connectivity index (χ3n) is 5.94. The first-order valence-electron chi connectivity index (χ1n) is 10.9. The molecule has 0 unspecified atom stereocenters. The number of hydrogen-bond donors (Lipinski definition) is 3. The summed E-state index contributed by atoms with van der Waals surface area (Å²) in [5.41, 5.74) is -7.18. The van der Waals surface area contributed by atoms with Gasteiger partial charge in [-0.3, -0.25) is 4.79 Å². The molecule has 0 radical (unpaired) electrons. The summed E-state index contributed by atoms with van der Waals surface area (Å²) in [5.74, 6) is -0.746. The SMILES string of the molecule is CC(C)(C)OC(=O)N[C@@H]1CC[C@@](C(=O)NCc2cc(C(F)(F)F)cc(C(F)(F)F)c2)(C(C)(C)O)C1. The van der Waals surface area contributed by atoms with Gasteiger partial charge in [0.2, 0.25) is 5.91 Å². The number of ether oxygens (including phenoxy) is 1. The summed E-state index contributed by atoms with van der Waals surface area (Å²) in [4.78, 5) is 25.3. The number of carbonyl (C=O) groups excluding carboxylic acids is 2. The second-order valence-electron chi connectivity index (χ2n) is 10.3. The minimum Gasteiger partial charge on any atom is -0.444 e. The zero-order valence-corrected chi connectivity index (χ0v) is 20.1. The molecule has 2 amide bonds. The van der Waals surface area contributed by atoms with Gasteiger partial charge in [0.15, 0.2) is 0 Å². The van der Waals surface area contributed by atoms with Gasteiger partial charge < -0.3 is 20.5 Å². The summed E-state index contributed by atoms with van der Waals surface area (Å²) >= 11 is 0. The molecule has 12 heteroatoms. The smallest absolute Gasteiger partial charge is 0.416 e. The van der Waals surface area contributed by atoms with Crippen LogP contribution in [0, 0.1) is 5.41 Å². The Bertz CT molecular complexity index is 915. The Labute approximate surface area is 199 Å². The summed E-state index contributed by atoms with van der Waals surface area (Å²) in [6.45, 7) is 7.17. The second kappa shape index (κ2) is 9.51. The molecule has 3 N–H and O–H groups in total. The first-order chi connectivity index (χ1) is 15.6. The minimum atomic E-state index is -5.01. The van der Waals surface area contributed by atoms with Crippen molar-refractivity contribution < 1.29 is 45.8 Å². The molecule has 0 spiro atoms. The second-order valence-corrected chi connectivity index (χ2v) is 10.3. The van der Waals surface area contributed by atoms with Crippen LogP contribution in [-0.2, 0) is 28.4 Å². The van der Waals surface area contributed by atoms with Gasteiger partial charge >= 0.3 is 18.4 Å². The van der Waals surface area contributed by atoms with Gasteiger partial charge in [-0.25, -0.2) is 4.79 Å². The Kier molecular flexibility index (Phi) is 7.81. The minimum absolute atomic E-state index is 0.00202. The van der Waals surface area contributed by atoms with E-state index in [1.807, 2.05) is 0 Å². The summed E-state index contributed by atoms with van der Waals surface area (Å²) in [5, 5.41) is 15.8. The van der Waals surface area contributed by atoms with Crippen molar-refractivity contribution >= 4 is 12.0 Å². The van der Waals surface area contributed by atoms with Crippen LogP contribution in [0.1, 0.15) is 70.6 Å². The van der Waals surface area contributed by atoms with Crippen LogP contribution in [0.4, 0.5) is 31.1 Å². The summed E-state index contributed by atoms with van der Waals surface area (Å²) in [7, 11) is 0. The highest BCUT2D eigenvalue weighted by molar-refractivity contribution is 5.84. The molecule has 198 valence electrons. The highest BCUT2D eigenvalue weighted by atomic mass is 19.4. The predicted molar refractivity (Wildman–Crippen MR) is 114 cm³/mol. The lowest BCUT2D eigenvalue weighted by molar-refractivity contribution is -0.146. The zero-order chi connectivity index (χ0) is 27.0. The first kappa shape index (κ1) is 28.7. The van der Waals surface area contributed by atoms with Gasteiger partial charge in [0.05, 0.1) is 22.1 Å². The molecule has 1 aliphatic rings. The number of alkyl halides is 6. The molecular formula is C23H30F6N2O4. The van der Waals surface area contributed by atoms with Gasteiger partial charge in [-0.15, -0.1) is 0 Å². The van der Waals surface area contributed by atoms with Crippen molar-refractivity contribution in [1.82, 2.24) is 10.6 Å². The van der Waals surface area contributed by atoms with E-state index in [1.54, 1.807) is 20.8 Å². The standard InChI is InChI=1S/C23H30F6N2O4/c1-19(2,3)35-18(33)31-16-6-7-21(11-16,20(4,5)34)17(32)30-12-13-8-14(22(24,25)26)10-15(9-13)23(27,28)29/h8-10,16,34H,6-7,11-12H2,1-5H3,(H,30,32)(H,31,33)/t16-,21-/m1/s1. The van der Waals surface area contributed by atoms with E-state index in [2.05, 4.69) is 10.6 Å². The molecule has 1 fully saturated rings. The largest absolute Gasteiger partial charge is 0.444 e. The lowest BCUT2D eigenvalue weighted by Crippen LogP contribution is -2.53. The van der Waals surface area contributed by atoms with Crippen LogP contribution in [0.3, 0.4) is 0 Å². The summed E-state index contributed by atoms with van der Waals surface area (Å²) in [6, 6.07) is 0.544. The van der Waals surface area contributed by atoms with Gasteiger partial charge in [-0.05, 0) is 77.6 Å². The molecule has 1 aromatic carbocycles. The van der Waals surface area contributed by atoms with Crippen molar-refractivity contribution in [3.8, 4) is 0 Å². The molecule has 1 aromatic rings. The Hall–Kier alpha value is -2.50. The Morgan fingerprint density at radius 3 is 1.94 bits per heavy atom. The Morgan fingerprint density at radius 2 is 1.51 bits per heavy atom. The quantitative estimate of drug-likeness (QED) is 0.475. The van der Waals surface area contributed by atoms with Crippen LogP contribution >= 0.6 is 0 Å². The molecule has 6 nitrogen and oxygen atoms in total. The molecular weight excluding hydrogens is 482 g/mol. The average Bonchev–Trinajstić information content (AvgIpc) is 3.08. The van der Waals surface area contributed by atoms with Gasteiger partial charge in [-0.1, -0.05) is 0 Å². The number of hydrogen-bond acceptors (Lipinski definition) is 4. The number of nitrogens with one attached hydrogen (secondary N) is 2. The van der Waals surface area contributed by atoms with Crippen molar-refractivity contribution in [2.75, 3.05) is 0 Å². The fourth-order valence-corrected chi connectivity index (χ4v) is 4.16. The van der Waals surface area contributed by atoms with Crippen LogP contribution in [0.25, 0.3) is 0 Å². The van der Waals surface area contributed by atoms with Crippen molar-refractivity contribution in [2.45, 2.75) is 90.0 Å². The van der Waals surface area contributed by atoms with Crippen molar-refractivity contribution in [3.63, 3.8) is 0 Å². The zero-order valence-electron chi connectivity index (χ0n) is 20.1. The maximum absolute atomic E-state index is 13.2. The highest BCUT2D eigenvalue weighted by Crippen LogP contribution is 2.47. The van der Waals surface area contributed by atoms with E-state index in [-0.39, 0.29) is 18.9 Å². The molecule has 35 heavy (non-hydrogen) atoms.